The molecule has 0 spiro atoms. The third kappa shape index (κ3) is 15.2. The van der Waals surface area contributed by atoms with Gasteiger partial charge in [-0.05, 0) is 92.5 Å². The summed E-state index contributed by atoms with van der Waals surface area (Å²) in [5.41, 5.74) is 6.29. The van der Waals surface area contributed by atoms with E-state index in [0.717, 1.165) is 76.1 Å². The molecule has 4 aliphatic rings. The number of aliphatic hydroxyl groups excluding tert-OH is 1. The van der Waals surface area contributed by atoms with Gasteiger partial charge in [0.05, 0.1) is 83.7 Å². The number of rotatable bonds is 24. The first kappa shape index (κ1) is 51.4. The molecule has 16 heteroatoms. The maximum atomic E-state index is 14.0. The van der Waals surface area contributed by atoms with Crippen molar-refractivity contribution in [3.05, 3.63) is 118 Å². The maximum Gasteiger partial charge on any atom is 0.253 e. The summed E-state index contributed by atoms with van der Waals surface area (Å²) in [6.45, 7) is 9.14. The van der Waals surface area contributed by atoms with Gasteiger partial charge in [0, 0.05) is 93.6 Å². The van der Waals surface area contributed by atoms with Gasteiger partial charge in [-0.25, -0.2) is 0 Å². The van der Waals surface area contributed by atoms with Crippen LogP contribution in [0.4, 0.5) is 0 Å². The highest BCUT2D eigenvalue weighted by Crippen LogP contribution is 2.32. The summed E-state index contributed by atoms with van der Waals surface area (Å²) < 4.78 is 22.3. The van der Waals surface area contributed by atoms with E-state index < -0.39 is 6.04 Å². The van der Waals surface area contributed by atoms with E-state index in [0.29, 0.717) is 108 Å². The highest BCUT2D eigenvalue weighted by atomic mass is 16.5. The molecule has 0 saturated carbocycles. The number of piperazine rings is 1. The van der Waals surface area contributed by atoms with Crippen molar-refractivity contribution >= 4 is 29.2 Å². The third-order valence-corrected chi connectivity index (χ3v) is 13.3. The van der Waals surface area contributed by atoms with Crippen LogP contribution < -0.4 is 10.6 Å². The normalized spacial score (nSPS) is 18.5. The van der Waals surface area contributed by atoms with Crippen LogP contribution in [0.2, 0.25) is 0 Å². The largest absolute Gasteiger partial charge is 0.394 e. The van der Waals surface area contributed by atoms with Crippen LogP contribution in [0.5, 0.6) is 0 Å². The minimum absolute atomic E-state index is 0.0248. The number of aromatic nitrogens is 1. The number of piperidine rings is 1. The van der Waals surface area contributed by atoms with Crippen LogP contribution in [0.3, 0.4) is 0 Å². The van der Waals surface area contributed by atoms with E-state index in [4.69, 9.17) is 29.0 Å². The highest BCUT2D eigenvalue weighted by molar-refractivity contribution is 6.00. The number of nitrogens with zero attached hydrogens (tertiary/aromatic N) is 5. The Bertz CT molecular complexity index is 2220. The molecule has 0 bridgehead atoms. The summed E-state index contributed by atoms with van der Waals surface area (Å²) in [4.78, 5) is 66.6. The van der Waals surface area contributed by atoms with E-state index in [9.17, 15) is 19.2 Å². The number of carbonyl (C=O) groups excluding carboxylic acids is 4. The van der Waals surface area contributed by atoms with Gasteiger partial charge in [0.1, 0.15) is 0 Å². The summed E-state index contributed by atoms with van der Waals surface area (Å²) in [5.74, 6) is -0.610. The van der Waals surface area contributed by atoms with Crippen molar-refractivity contribution in [2.24, 2.45) is 0 Å². The summed E-state index contributed by atoms with van der Waals surface area (Å²) in [7, 11) is 1.70. The minimum Gasteiger partial charge on any atom is -0.394 e. The van der Waals surface area contributed by atoms with Crippen molar-refractivity contribution in [1.29, 1.82) is 0 Å². The number of likely N-dealkylation sites (tertiary alicyclic amines) is 1. The number of benzene rings is 2. The Hall–Kier alpha value is -5.49. The number of amides is 4. The lowest BCUT2D eigenvalue weighted by Crippen LogP contribution is -2.49. The molecule has 7 rings (SSSR count). The van der Waals surface area contributed by atoms with E-state index >= 15 is 0 Å². The number of ether oxygens (including phenoxy) is 4. The SMILES string of the molecule is CN(CCOCCOCCOCCC(=O)N1CCN(CCOCCO)CC1)C(=O)c1cccc(C(=O)NC2CC=C(N3CCCCC3)C=C2c2cc(C(=O)N[C@H]3CCCc4ccccc43)ccn2)c1. The zero-order valence-corrected chi connectivity index (χ0v) is 40.3. The van der Waals surface area contributed by atoms with Crippen LogP contribution in [0.15, 0.2) is 84.7 Å². The zero-order valence-electron chi connectivity index (χ0n) is 40.3. The molecule has 3 N–H and O–H groups in total. The second kappa shape index (κ2) is 27.0. The fourth-order valence-corrected chi connectivity index (χ4v) is 9.32. The molecule has 2 aliphatic carbocycles. The zero-order chi connectivity index (χ0) is 48.2. The third-order valence-electron chi connectivity index (χ3n) is 13.3. The summed E-state index contributed by atoms with van der Waals surface area (Å²) >= 11 is 0. The molecule has 2 aliphatic heterocycles. The molecule has 0 radical (unpaired) electrons. The standard InChI is InChI=1S/C53H71N7O9/c1-57(26-30-68-34-36-69-35-33-66-29-18-50(62)60-24-22-58(23-25-60)27-31-67-32-28-61)53(65)43-12-7-11-41(37-43)51(63)56-48-16-15-44(59-20-5-2-6-21-59)39-46(48)49-38-42(17-19-54-49)52(64)55-47-14-8-10-40-9-3-4-13-45(40)47/h3-4,7,9,11-13,15,17,19,37-39,47-48,61H,2,5-6,8,10,14,16,18,20-36H2,1H3,(H,55,64)(H,56,63)/t47-,48?/m0/s1. The number of nitrogens with one attached hydrogen (secondary N) is 2. The molecule has 1 unspecified atom stereocenters. The molecule has 2 fully saturated rings. The first-order valence-electron chi connectivity index (χ1n) is 24.9. The Morgan fingerprint density at radius 3 is 2.20 bits per heavy atom. The molecule has 2 atom stereocenters. The second-order valence-corrected chi connectivity index (χ2v) is 18.0. The topological polar surface area (TPSA) is 175 Å². The quantitative estimate of drug-likeness (QED) is 0.107. The number of hydrogen-bond acceptors (Lipinski definition) is 12. The van der Waals surface area contributed by atoms with Gasteiger partial charge in [-0.2, -0.15) is 0 Å². The monoisotopic (exact) mass is 950 g/mol. The lowest BCUT2D eigenvalue weighted by Gasteiger charge is -2.34. The van der Waals surface area contributed by atoms with Crippen molar-refractivity contribution in [2.75, 3.05) is 119 Å². The molecule has 4 amide bonds. The smallest absolute Gasteiger partial charge is 0.253 e. The number of aryl methyl sites for hydroxylation is 1. The average molecular weight is 950 g/mol. The predicted octanol–water partition coefficient (Wildman–Crippen LogP) is 4.51. The summed E-state index contributed by atoms with van der Waals surface area (Å²) in [5, 5.41) is 15.3. The number of aliphatic hydroxyl groups is 1. The van der Waals surface area contributed by atoms with Crippen molar-refractivity contribution in [3.8, 4) is 0 Å². The van der Waals surface area contributed by atoms with Crippen LogP contribution in [0.25, 0.3) is 5.57 Å². The fraction of sp³-hybridized carbons (Fsp3) is 0.528. The molecule has 1 aromatic heterocycles. The number of allylic oxidation sites excluding steroid dienone is 1. The fourth-order valence-electron chi connectivity index (χ4n) is 9.32. The minimum atomic E-state index is -0.415. The molecule has 2 saturated heterocycles. The van der Waals surface area contributed by atoms with Crippen LogP contribution in [-0.2, 0) is 30.2 Å². The molecule has 3 aromatic rings. The number of hydrogen-bond donors (Lipinski definition) is 3. The first-order chi connectivity index (χ1) is 33.8. The Kier molecular flexibility index (Phi) is 20.1. The van der Waals surface area contributed by atoms with Crippen LogP contribution >= 0.6 is 0 Å². The van der Waals surface area contributed by atoms with Gasteiger partial charge in [0.15, 0.2) is 0 Å². The van der Waals surface area contributed by atoms with Crippen molar-refractivity contribution < 1.29 is 43.2 Å². The summed E-state index contributed by atoms with van der Waals surface area (Å²) in [6, 6.07) is 18.2. The maximum absolute atomic E-state index is 14.0. The number of fused-ring (bicyclic) bond motifs is 1. The molecule has 2 aromatic carbocycles. The predicted molar refractivity (Wildman–Crippen MR) is 263 cm³/mol. The lowest BCUT2D eigenvalue weighted by atomic mass is 9.87. The van der Waals surface area contributed by atoms with E-state index in [1.807, 2.05) is 23.1 Å². The van der Waals surface area contributed by atoms with Gasteiger partial charge in [-0.1, -0.05) is 36.4 Å². The van der Waals surface area contributed by atoms with Gasteiger partial charge < -0.3 is 49.4 Å². The highest BCUT2D eigenvalue weighted by Gasteiger charge is 2.28. The van der Waals surface area contributed by atoms with Crippen LogP contribution in [0, 0.1) is 0 Å². The van der Waals surface area contributed by atoms with Gasteiger partial charge in [0.2, 0.25) is 5.91 Å². The Morgan fingerprint density at radius 1 is 0.725 bits per heavy atom. The van der Waals surface area contributed by atoms with Crippen molar-refractivity contribution in [3.63, 3.8) is 0 Å². The van der Waals surface area contributed by atoms with E-state index in [2.05, 4.69) is 44.7 Å². The van der Waals surface area contributed by atoms with Crippen molar-refractivity contribution in [1.82, 2.24) is 35.2 Å². The van der Waals surface area contributed by atoms with Gasteiger partial charge in [-0.3, -0.25) is 29.1 Å². The summed E-state index contributed by atoms with van der Waals surface area (Å²) in [6.07, 6.45) is 13.2. The Labute approximate surface area is 407 Å². The number of likely N-dealkylation sites (N-methyl/N-ethyl adjacent to an activating group) is 1. The van der Waals surface area contributed by atoms with E-state index in [1.165, 1.54) is 17.5 Å². The van der Waals surface area contributed by atoms with Gasteiger partial charge in [-0.15, -0.1) is 0 Å². The first-order valence-corrected chi connectivity index (χ1v) is 24.9. The van der Waals surface area contributed by atoms with E-state index in [-0.39, 0.29) is 36.3 Å². The van der Waals surface area contributed by atoms with Gasteiger partial charge >= 0.3 is 0 Å². The van der Waals surface area contributed by atoms with Gasteiger partial charge in [0.25, 0.3) is 17.7 Å². The molecule has 372 valence electrons. The molecule has 3 heterocycles. The molecule has 16 nitrogen and oxygen atoms in total. The van der Waals surface area contributed by atoms with Crippen molar-refractivity contribution in [2.45, 2.75) is 63.5 Å². The van der Waals surface area contributed by atoms with Crippen LogP contribution in [0.1, 0.15) is 98.9 Å². The lowest BCUT2D eigenvalue weighted by molar-refractivity contribution is -0.134. The Morgan fingerprint density at radius 2 is 1.42 bits per heavy atom. The number of pyridine rings is 1. The number of carbonyl (C=O) groups is 4. The molecular weight excluding hydrogens is 879 g/mol. The van der Waals surface area contributed by atoms with Crippen LogP contribution in [-0.4, -0.2) is 178 Å². The Balaban J connectivity index is 0.834. The molecular formula is C53H71N7O9. The molecule has 69 heavy (non-hydrogen) atoms. The van der Waals surface area contributed by atoms with E-state index in [1.54, 1.807) is 48.5 Å². The average Bonchev–Trinajstić information content (AvgIpc) is 3.39. The second-order valence-electron chi connectivity index (χ2n) is 18.0.